The summed E-state index contributed by atoms with van der Waals surface area (Å²) in [6, 6.07) is 16.9. The van der Waals surface area contributed by atoms with Crippen molar-refractivity contribution in [1.82, 2.24) is 19.4 Å². The summed E-state index contributed by atoms with van der Waals surface area (Å²) >= 11 is 6.40. The SMILES string of the molecule is O=c1c2cc(F)ccc2nc(/C=C/c2cccc(CN3CC=CC3)n2)n1-c1ccccc1Cl. The normalized spacial score (nSPS) is 14.0. The molecule has 1 aliphatic heterocycles. The Labute approximate surface area is 195 Å². The highest BCUT2D eigenvalue weighted by atomic mass is 35.5. The zero-order chi connectivity index (χ0) is 22.8. The van der Waals surface area contributed by atoms with E-state index in [1.807, 2.05) is 24.3 Å². The van der Waals surface area contributed by atoms with Crippen molar-refractivity contribution >= 4 is 34.7 Å². The third-order valence-electron chi connectivity index (χ3n) is 5.46. The Balaban J connectivity index is 1.58. The lowest BCUT2D eigenvalue weighted by Crippen LogP contribution is -2.22. The third-order valence-corrected chi connectivity index (χ3v) is 5.78. The van der Waals surface area contributed by atoms with Gasteiger partial charge < -0.3 is 0 Å². The topological polar surface area (TPSA) is 51.0 Å². The summed E-state index contributed by atoms with van der Waals surface area (Å²) in [5.74, 6) is -0.118. The first-order chi connectivity index (χ1) is 16.1. The van der Waals surface area contributed by atoms with Crippen molar-refractivity contribution in [2.45, 2.75) is 6.54 Å². The van der Waals surface area contributed by atoms with Gasteiger partial charge in [-0.05, 0) is 54.6 Å². The lowest BCUT2D eigenvalue weighted by Gasteiger charge is -2.14. The van der Waals surface area contributed by atoms with Crippen LogP contribution in [0, 0.1) is 5.82 Å². The Morgan fingerprint density at radius 1 is 0.970 bits per heavy atom. The summed E-state index contributed by atoms with van der Waals surface area (Å²) in [5, 5.41) is 0.581. The number of hydrogen-bond donors (Lipinski definition) is 0. The molecule has 0 saturated carbocycles. The number of fused-ring (bicyclic) bond motifs is 1. The fourth-order valence-electron chi connectivity index (χ4n) is 3.87. The second-order valence-electron chi connectivity index (χ2n) is 7.78. The van der Waals surface area contributed by atoms with E-state index in [4.69, 9.17) is 16.6 Å². The minimum atomic E-state index is -0.496. The molecule has 0 atom stereocenters. The molecule has 0 saturated heterocycles. The molecule has 33 heavy (non-hydrogen) atoms. The second-order valence-corrected chi connectivity index (χ2v) is 8.18. The molecule has 5 rings (SSSR count). The largest absolute Gasteiger partial charge is 0.290 e. The number of aromatic nitrogens is 3. The molecule has 0 amide bonds. The van der Waals surface area contributed by atoms with E-state index in [0.29, 0.717) is 22.1 Å². The smallest absolute Gasteiger partial charge is 0.266 e. The van der Waals surface area contributed by atoms with Crippen LogP contribution in [0.4, 0.5) is 4.39 Å². The van der Waals surface area contributed by atoms with Gasteiger partial charge in [0.2, 0.25) is 0 Å². The predicted octanol–water partition coefficient (Wildman–Crippen LogP) is 5.12. The van der Waals surface area contributed by atoms with Gasteiger partial charge in [0.15, 0.2) is 0 Å². The van der Waals surface area contributed by atoms with Crippen LogP contribution in [0.2, 0.25) is 5.02 Å². The van der Waals surface area contributed by atoms with Crippen molar-refractivity contribution in [2.75, 3.05) is 13.1 Å². The van der Waals surface area contributed by atoms with Gasteiger partial charge in [0, 0.05) is 19.6 Å². The number of pyridine rings is 1. The molecule has 1 aliphatic rings. The Bertz CT molecular complexity index is 1450. The number of hydrogen-bond acceptors (Lipinski definition) is 4. The standard InChI is InChI=1S/C26H20ClFN4O/c27-22-8-1-2-9-24(22)32-25(30-23-12-10-18(28)16-21(23)26(32)33)13-11-19-6-5-7-20(29-19)17-31-14-3-4-15-31/h1-13,16H,14-15,17H2/b13-11+. The monoisotopic (exact) mass is 458 g/mol. The predicted molar refractivity (Wildman–Crippen MR) is 130 cm³/mol. The molecule has 5 nitrogen and oxygen atoms in total. The summed E-state index contributed by atoms with van der Waals surface area (Å²) in [6.45, 7) is 2.61. The minimum Gasteiger partial charge on any atom is -0.290 e. The maximum atomic E-state index is 13.9. The van der Waals surface area contributed by atoms with E-state index in [1.54, 1.807) is 30.3 Å². The summed E-state index contributed by atoms with van der Waals surface area (Å²) in [5.41, 5.74) is 2.21. The highest BCUT2D eigenvalue weighted by molar-refractivity contribution is 6.32. The van der Waals surface area contributed by atoms with Crippen molar-refractivity contribution in [3.8, 4) is 5.69 Å². The van der Waals surface area contributed by atoms with Crippen LogP contribution >= 0.6 is 11.6 Å². The van der Waals surface area contributed by atoms with E-state index in [-0.39, 0.29) is 5.39 Å². The van der Waals surface area contributed by atoms with E-state index < -0.39 is 11.4 Å². The zero-order valence-corrected chi connectivity index (χ0v) is 18.4. The molecule has 0 N–H and O–H groups in total. The molecule has 0 bridgehead atoms. The Hall–Kier alpha value is -3.61. The molecule has 3 heterocycles. The molecule has 0 unspecified atom stereocenters. The maximum absolute atomic E-state index is 13.9. The Morgan fingerprint density at radius 2 is 1.79 bits per heavy atom. The number of benzene rings is 2. The van der Waals surface area contributed by atoms with Crippen LogP contribution in [0.15, 0.2) is 77.6 Å². The van der Waals surface area contributed by atoms with Crippen LogP contribution in [0.3, 0.4) is 0 Å². The quantitative estimate of drug-likeness (QED) is 0.390. The van der Waals surface area contributed by atoms with E-state index >= 15 is 0 Å². The van der Waals surface area contributed by atoms with Crippen LogP contribution in [-0.4, -0.2) is 32.5 Å². The van der Waals surface area contributed by atoms with Gasteiger partial charge in [-0.1, -0.05) is 42.0 Å². The van der Waals surface area contributed by atoms with Gasteiger partial charge in [0.05, 0.1) is 33.0 Å². The van der Waals surface area contributed by atoms with Crippen LogP contribution in [0.5, 0.6) is 0 Å². The molecule has 0 radical (unpaired) electrons. The van der Waals surface area contributed by atoms with Crippen LogP contribution in [-0.2, 0) is 6.54 Å². The fraction of sp³-hybridized carbons (Fsp3) is 0.115. The lowest BCUT2D eigenvalue weighted by molar-refractivity contribution is 0.341. The first-order valence-corrected chi connectivity index (χ1v) is 10.9. The third kappa shape index (κ3) is 4.49. The molecular formula is C26H20ClFN4O. The average molecular weight is 459 g/mol. The lowest BCUT2D eigenvalue weighted by atomic mass is 10.2. The van der Waals surface area contributed by atoms with Gasteiger partial charge in [-0.25, -0.2) is 9.37 Å². The molecule has 0 fully saturated rings. The van der Waals surface area contributed by atoms with Gasteiger partial charge >= 0.3 is 0 Å². The van der Waals surface area contributed by atoms with E-state index in [9.17, 15) is 9.18 Å². The van der Waals surface area contributed by atoms with Gasteiger partial charge in [0.25, 0.3) is 5.56 Å². The van der Waals surface area contributed by atoms with Gasteiger partial charge in [-0.15, -0.1) is 0 Å². The van der Waals surface area contributed by atoms with Gasteiger partial charge in [-0.3, -0.25) is 19.2 Å². The van der Waals surface area contributed by atoms with Crippen molar-refractivity contribution in [3.63, 3.8) is 0 Å². The fourth-order valence-corrected chi connectivity index (χ4v) is 4.09. The first-order valence-electron chi connectivity index (χ1n) is 10.6. The summed E-state index contributed by atoms with van der Waals surface area (Å²) < 4.78 is 15.3. The summed E-state index contributed by atoms with van der Waals surface area (Å²) in [7, 11) is 0. The highest BCUT2D eigenvalue weighted by Crippen LogP contribution is 2.22. The average Bonchev–Trinajstić information content (AvgIpc) is 3.32. The van der Waals surface area contributed by atoms with Crippen LogP contribution < -0.4 is 5.56 Å². The number of rotatable bonds is 5. The zero-order valence-electron chi connectivity index (χ0n) is 17.7. The molecule has 7 heteroatoms. The number of halogens is 2. The van der Waals surface area contributed by atoms with Crippen molar-refractivity contribution in [3.05, 3.63) is 111 Å². The Kier molecular flexibility index (Phi) is 5.86. The van der Waals surface area contributed by atoms with Crippen LogP contribution in [0.1, 0.15) is 17.2 Å². The van der Waals surface area contributed by atoms with Gasteiger partial charge in [0.1, 0.15) is 11.6 Å². The number of nitrogens with zero attached hydrogens (tertiary/aromatic N) is 4. The van der Waals surface area contributed by atoms with Crippen molar-refractivity contribution in [2.24, 2.45) is 0 Å². The molecular weight excluding hydrogens is 439 g/mol. The van der Waals surface area contributed by atoms with Crippen LogP contribution in [0.25, 0.3) is 28.7 Å². The second kappa shape index (κ2) is 9.10. The molecule has 4 aromatic rings. The minimum absolute atomic E-state index is 0.186. The van der Waals surface area contributed by atoms with E-state index in [0.717, 1.165) is 31.0 Å². The van der Waals surface area contributed by atoms with Crippen molar-refractivity contribution in [1.29, 1.82) is 0 Å². The van der Waals surface area contributed by atoms with Gasteiger partial charge in [-0.2, -0.15) is 0 Å². The maximum Gasteiger partial charge on any atom is 0.266 e. The summed E-state index contributed by atoms with van der Waals surface area (Å²) in [6.07, 6.45) is 7.84. The molecule has 0 aliphatic carbocycles. The summed E-state index contributed by atoms with van der Waals surface area (Å²) in [4.78, 5) is 25.0. The Morgan fingerprint density at radius 3 is 2.61 bits per heavy atom. The van der Waals surface area contributed by atoms with E-state index in [2.05, 4.69) is 22.0 Å². The molecule has 2 aromatic heterocycles. The van der Waals surface area contributed by atoms with Crippen molar-refractivity contribution < 1.29 is 4.39 Å². The molecule has 164 valence electrons. The molecule has 2 aromatic carbocycles. The highest BCUT2D eigenvalue weighted by Gasteiger charge is 2.14. The first kappa shape index (κ1) is 21.2. The molecule has 0 spiro atoms. The van der Waals surface area contributed by atoms with E-state index in [1.165, 1.54) is 22.8 Å². The number of para-hydroxylation sites is 1.